The van der Waals surface area contributed by atoms with E-state index in [1.165, 1.54) is 0 Å². The Morgan fingerprint density at radius 1 is 1.27 bits per heavy atom. The zero-order valence-corrected chi connectivity index (χ0v) is 9.69. The maximum atomic E-state index is 5.77. The van der Waals surface area contributed by atoms with Gasteiger partial charge < -0.3 is 14.2 Å². The largest absolute Gasteiger partial charge is 0.346 e. The molecule has 0 spiro atoms. The Labute approximate surface area is 90.8 Å². The van der Waals surface area contributed by atoms with Gasteiger partial charge >= 0.3 is 0 Å². The highest BCUT2D eigenvalue weighted by molar-refractivity contribution is 4.80. The van der Waals surface area contributed by atoms with Crippen LogP contribution in [0.4, 0.5) is 0 Å². The third-order valence-corrected chi connectivity index (χ3v) is 2.96. The van der Waals surface area contributed by atoms with E-state index in [-0.39, 0.29) is 12.4 Å². The van der Waals surface area contributed by atoms with Crippen LogP contribution in [0.5, 0.6) is 0 Å². The predicted octanol–water partition coefficient (Wildman–Crippen LogP) is 2.03. The van der Waals surface area contributed by atoms with Crippen LogP contribution >= 0.6 is 0 Å². The van der Waals surface area contributed by atoms with Crippen molar-refractivity contribution in [1.29, 1.82) is 0 Å². The standard InChI is InChI=1S/C11H20O4/c1-4-8-6-7-9-10(13-8)15-11(3,14-9)12-5-2/h8-10H,4-7H2,1-3H3/t8-,9+,10+,11+/m1/s1. The van der Waals surface area contributed by atoms with E-state index in [0.717, 1.165) is 19.3 Å². The van der Waals surface area contributed by atoms with Crippen molar-refractivity contribution < 1.29 is 18.9 Å². The lowest BCUT2D eigenvalue weighted by Gasteiger charge is -2.28. The summed E-state index contributed by atoms with van der Waals surface area (Å²) in [5.41, 5.74) is 0. The lowest BCUT2D eigenvalue weighted by atomic mass is 10.0. The molecule has 0 amide bonds. The van der Waals surface area contributed by atoms with Gasteiger partial charge in [0.05, 0.1) is 6.10 Å². The fraction of sp³-hybridized carbons (Fsp3) is 1.00. The Balaban J connectivity index is 1.95. The van der Waals surface area contributed by atoms with Crippen LogP contribution in [0.25, 0.3) is 0 Å². The van der Waals surface area contributed by atoms with Crippen LogP contribution in [-0.2, 0) is 18.9 Å². The Hall–Kier alpha value is -0.160. The topological polar surface area (TPSA) is 36.9 Å². The molecule has 2 aliphatic rings. The summed E-state index contributed by atoms with van der Waals surface area (Å²) in [6.07, 6.45) is 3.15. The number of ether oxygens (including phenoxy) is 4. The Morgan fingerprint density at radius 2 is 2.07 bits per heavy atom. The number of fused-ring (bicyclic) bond motifs is 1. The lowest BCUT2D eigenvalue weighted by molar-refractivity contribution is -0.341. The fourth-order valence-corrected chi connectivity index (χ4v) is 2.19. The number of hydrogen-bond acceptors (Lipinski definition) is 4. The van der Waals surface area contributed by atoms with Gasteiger partial charge in [0, 0.05) is 13.5 Å². The van der Waals surface area contributed by atoms with Crippen LogP contribution in [0.1, 0.15) is 40.0 Å². The molecule has 0 aliphatic carbocycles. The van der Waals surface area contributed by atoms with Crippen molar-refractivity contribution in [3.63, 3.8) is 0 Å². The monoisotopic (exact) mass is 216 g/mol. The first-order valence-electron chi connectivity index (χ1n) is 5.82. The van der Waals surface area contributed by atoms with Crippen LogP contribution < -0.4 is 0 Å². The zero-order valence-electron chi connectivity index (χ0n) is 9.69. The molecule has 2 saturated heterocycles. The summed E-state index contributed by atoms with van der Waals surface area (Å²) in [7, 11) is 0. The molecular weight excluding hydrogens is 196 g/mol. The molecule has 0 unspecified atom stereocenters. The second kappa shape index (κ2) is 4.37. The van der Waals surface area contributed by atoms with E-state index in [2.05, 4.69) is 6.92 Å². The predicted molar refractivity (Wildman–Crippen MR) is 54.2 cm³/mol. The lowest BCUT2D eigenvalue weighted by Crippen LogP contribution is -2.36. The molecule has 4 atom stereocenters. The average Bonchev–Trinajstić information content (AvgIpc) is 2.53. The van der Waals surface area contributed by atoms with Gasteiger partial charge in [-0.1, -0.05) is 6.92 Å². The van der Waals surface area contributed by atoms with Crippen LogP contribution in [0, 0.1) is 0 Å². The smallest absolute Gasteiger partial charge is 0.282 e. The van der Waals surface area contributed by atoms with Crippen molar-refractivity contribution in [2.24, 2.45) is 0 Å². The van der Waals surface area contributed by atoms with Gasteiger partial charge in [0.15, 0.2) is 6.29 Å². The summed E-state index contributed by atoms with van der Waals surface area (Å²) in [6, 6.07) is 0. The highest BCUT2D eigenvalue weighted by Crippen LogP contribution is 2.37. The van der Waals surface area contributed by atoms with Gasteiger partial charge in [-0.15, -0.1) is 0 Å². The molecule has 15 heavy (non-hydrogen) atoms. The summed E-state index contributed by atoms with van der Waals surface area (Å²) in [4.78, 5) is 0. The van der Waals surface area contributed by atoms with Gasteiger partial charge in [-0.3, -0.25) is 4.74 Å². The molecule has 0 bridgehead atoms. The zero-order chi connectivity index (χ0) is 10.9. The first-order chi connectivity index (χ1) is 7.17. The molecular formula is C11H20O4. The van der Waals surface area contributed by atoms with E-state index in [1.807, 2.05) is 6.92 Å². The molecule has 4 nitrogen and oxygen atoms in total. The summed E-state index contributed by atoms with van der Waals surface area (Å²) in [5.74, 6) is -0.910. The maximum absolute atomic E-state index is 5.77. The molecule has 88 valence electrons. The maximum Gasteiger partial charge on any atom is 0.282 e. The SMILES string of the molecule is CCO[C@]1(C)O[C@@H]2O[C@H](CC)CC[C@@H]2O1. The normalized spacial score (nSPS) is 45.4. The van der Waals surface area contributed by atoms with Crippen molar-refractivity contribution in [2.75, 3.05) is 6.61 Å². The minimum absolute atomic E-state index is 0.0318. The first-order valence-corrected chi connectivity index (χ1v) is 5.82. The van der Waals surface area contributed by atoms with Crippen molar-refractivity contribution >= 4 is 0 Å². The van der Waals surface area contributed by atoms with Crippen LogP contribution in [-0.4, -0.2) is 31.1 Å². The van der Waals surface area contributed by atoms with Crippen molar-refractivity contribution in [2.45, 2.75) is 64.5 Å². The molecule has 0 radical (unpaired) electrons. The highest BCUT2D eigenvalue weighted by Gasteiger charge is 2.48. The second-order valence-electron chi connectivity index (χ2n) is 4.18. The van der Waals surface area contributed by atoms with Crippen LogP contribution in [0.15, 0.2) is 0 Å². The molecule has 0 saturated carbocycles. The van der Waals surface area contributed by atoms with Gasteiger partial charge in [0.1, 0.15) is 6.10 Å². The van der Waals surface area contributed by atoms with Crippen molar-refractivity contribution in [3.8, 4) is 0 Å². The Morgan fingerprint density at radius 3 is 2.73 bits per heavy atom. The molecule has 2 rings (SSSR count). The summed E-state index contributed by atoms with van der Waals surface area (Å²) in [6.45, 7) is 6.43. The average molecular weight is 216 g/mol. The molecule has 0 aromatic carbocycles. The van der Waals surface area contributed by atoms with E-state index in [1.54, 1.807) is 6.92 Å². The number of rotatable bonds is 3. The van der Waals surface area contributed by atoms with E-state index < -0.39 is 5.97 Å². The molecule has 2 fully saturated rings. The summed E-state index contributed by atoms with van der Waals surface area (Å²) >= 11 is 0. The third-order valence-electron chi connectivity index (χ3n) is 2.96. The molecule has 2 heterocycles. The van der Waals surface area contributed by atoms with Gasteiger partial charge in [0.2, 0.25) is 0 Å². The van der Waals surface area contributed by atoms with E-state index >= 15 is 0 Å². The molecule has 4 heteroatoms. The molecule has 0 N–H and O–H groups in total. The minimum atomic E-state index is -0.910. The van der Waals surface area contributed by atoms with Crippen molar-refractivity contribution in [1.82, 2.24) is 0 Å². The minimum Gasteiger partial charge on any atom is -0.346 e. The van der Waals surface area contributed by atoms with E-state index in [9.17, 15) is 0 Å². The third kappa shape index (κ3) is 2.33. The van der Waals surface area contributed by atoms with Gasteiger partial charge in [-0.05, 0) is 26.2 Å². The summed E-state index contributed by atoms with van der Waals surface area (Å²) in [5, 5.41) is 0. The molecule has 2 aliphatic heterocycles. The van der Waals surface area contributed by atoms with Gasteiger partial charge in [0.25, 0.3) is 5.97 Å². The van der Waals surface area contributed by atoms with Crippen molar-refractivity contribution in [3.05, 3.63) is 0 Å². The quantitative estimate of drug-likeness (QED) is 0.723. The molecule has 0 aromatic heterocycles. The first kappa shape index (κ1) is 11.3. The summed E-state index contributed by atoms with van der Waals surface area (Å²) < 4.78 is 22.6. The van der Waals surface area contributed by atoms with E-state index in [4.69, 9.17) is 18.9 Å². The fourth-order valence-electron chi connectivity index (χ4n) is 2.19. The van der Waals surface area contributed by atoms with Gasteiger partial charge in [-0.2, -0.15) is 0 Å². The highest BCUT2D eigenvalue weighted by atomic mass is 16.9. The van der Waals surface area contributed by atoms with Gasteiger partial charge in [-0.25, -0.2) is 0 Å². The Kier molecular flexibility index (Phi) is 3.30. The number of hydrogen-bond donors (Lipinski definition) is 0. The van der Waals surface area contributed by atoms with Crippen LogP contribution in [0.2, 0.25) is 0 Å². The van der Waals surface area contributed by atoms with Crippen LogP contribution in [0.3, 0.4) is 0 Å². The molecule has 0 aromatic rings. The Bertz CT molecular complexity index is 221. The second-order valence-corrected chi connectivity index (χ2v) is 4.18. The van der Waals surface area contributed by atoms with E-state index in [0.29, 0.717) is 12.7 Å².